The number of nitrogens with zero attached hydrogens (tertiary/aromatic N) is 1. The maximum absolute atomic E-state index is 12.3. The first-order valence-corrected chi connectivity index (χ1v) is 9.08. The number of ether oxygens (including phenoxy) is 2. The molecule has 6 heteroatoms. The number of esters is 1. The standard InChI is InChI=1S/C22H20ClNO4/c1-24(21(25)14-28-22(26)19-5-3-4-6-20(19)23)13-15-7-8-17-12-18(27-2)10-9-16(17)11-15/h3-12H,13-14H2,1-2H3. The molecule has 0 aromatic heterocycles. The van der Waals surface area contributed by atoms with Gasteiger partial charge >= 0.3 is 5.97 Å². The fourth-order valence-electron chi connectivity index (χ4n) is 2.80. The highest BCUT2D eigenvalue weighted by molar-refractivity contribution is 6.33. The van der Waals surface area contributed by atoms with E-state index in [0.717, 1.165) is 22.1 Å². The van der Waals surface area contributed by atoms with Crippen molar-refractivity contribution in [3.05, 3.63) is 76.8 Å². The molecule has 0 bridgehead atoms. The second kappa shape index (κ2) is 8.76. The monoisotopic (exact) mass is 397 g/mol. The molecule has 0 aliphatic rings. The third-order valence-electron chi connectivity index (χ3n) is 4.38. The van der Waals surface area contributed by atoms with Crippen molar-refractivity contribution in [1.82, 2.24) is 4.90 Å². The summed E-state index contributed by atoms with van der Waals surface area (Å²) < 4.78 is 10.3. The Morgan fingerprint density at radius 3 is 2.46 bits per heavy atom. The van der Waals surface area contributed by atoms with Crippen LogP contribution in [0.2, 0.25) is 5.02 Å². The van der Waals surface area contributed by atoms with Crippen LogP contribution in [0.25, 0.3) is 10.8 Å². The molecular weight excluding hydrogens is 378 g/mol. The minimum absolute atomic E-state index is 0.240. The molecule has 0 heterocycles. The highest BCUT2D eigenvalue weighted by Crippen LogP contribution is 2.22. The van der Waals surface area contributed by atoms with Gasteiger partial charge in [-0.1, -0.05) is 41.9 Å². The van der Waals surface area contributed by atoms with Gasteiger partial charge in [0, 0.05) is 13.6 Å². The van der Waals surface area contributed by atoms with Gasteiger partial charge in [-0.2, -0.15) is 0 Å². The number of rotatable bonds is 6. The van der Waals surface area contributed by atoms with Crippen LogP contribution in [-0.2, 0) is 16.1 Å². The van der Waals surface area contributed by atoms with Crippen molar-refractivity contribution in [3.8, 4) is 5.75 Å². The van der Waals surface area contributed by atoms with Gasteiger partial charge in [0.15, 0.2) is 6.61 Å². The molecule has 3 aromatic rings. The second-order valence-electron chi connectivity index (χ2n) is 6.35. The summed E-state index contributed by atoms with van der Waals surface area (Å²) in [5, 5.41) is 2.41. The van der Waals surface area contributed by atoms with Crippen molar-refractivity contribution in [2.45, 2.75) is 6.54 Å². The van der Waals surface area contributed by atoms with Crippen LogP contribution >= 0.6 is 11.6 Å². The largest absolute Gasteiger partial charge is 0.497 e. The van der Waals surface area contributed by atoms with Crippen LogP contribution in [0.5, 0.6) is 5.75 Å². The molecule has 5 nitrogen and oxygen atoms in total. The Hall–Kier alpha value is -3.05. The SMILES string of the molecule is COc1ccc2cc(CN(C)C(=O)COC(=O)c3ccccc3Cl)ccc2c1. The van der Waals surface area contributed by atoms with E-state index in [-0.39, 0.29) is 18.1 Å². The van der Waals surface area contributed by atoms with Crippen molar-refractivity contribution in [1.29, 1.82) is 0 Å². The summed E-state index contributed by atoms with van der Waals surface area (Å²) in [5.74, 6) is -0.116. The number of hydrogen-bond donors (Lipinski definition) is 0. The summed E-state index contributed by atoms with van der Waals surface area (Å²) in [5.41, 5.74) is 1.22. The van der Waals surface area contributed by atoms with Gasteiger partial charge < -0.3 is 14.4 Å². The van der Waals surface area contributed by atoms with Gasteiger partial charge in [0.05, 0.1) is 17.7 Å². The molecule has 3 aromatic carbocycles. The highest BCUT2D eigenvalue weighted by Gasteiger charge is 2.15. The number of carbonyl (C=O) groups excluding carboxylic acids is 2. The number of methoxy groups -OCH3 is 1. The lowest BCUT2D eigenvalue weighted by Gasteiger charge is -2.18. The number of amides is 1. The summed E-state index contributed by atoms with van der Waals surface area (Å²) in [6.07, 6.45) is 0. The van der Waals surface area contributed by atoms with Gasteiger partial charge in [-0.15, -0.1) is 0 Å². The first-order valence-electron chi connectivity index (χ1n) is 8.70. The molecule has 3 rings (SSSR count). The average Bonchev–Trinajstić information content (AvgIpc) is 2.71. The maximum atomic E-state index is 12.3. The summed E-state index contributed by atoms with van der Waals surface area (Å²) in [4.78, 5) is 25.9. The van der Waals surface area contributed by atoms with Crippen LogP contribution in [0.3, 0.4) is 0 Å². The number of fused-ring (bicyclic) bond motifs is 1. The Labute approximate surface area is 168 Å². The molecule has 0 aliphatic carbocycles. The van der Waals surface area contributed by atoms with E-state index in [1.165, 1.54) is 4.90 Å². The van der Waals surface area contributed by atoms with Gasteiger partial charge in [0.2, 0.25) is 0 Å². The molecular formula is C22H20ClNO4. The van der Waals surface area contributed by atoms with Crippen LogP contribution < -0.4 is 4.74 Å². The van der Waals surface area contributed by atoms with Gasteiger partial charge in [-0.05, 0) is 46.7 Å². The molecule has 0 unspecified atom stereocenters. The van der Waals surface area contributed by atoms with Gasteiger partial charge in [0.25, 0.3) is 5.91 Å². The molecule has 28 heavy (non-hydrogen) atoms. The van der Waals surface area contributed by atoms with E-state index in [0.29, 0.717) is 11.6 Å². The first kappa shape index (κ1) is 19.7. The van der Waals surface area contributed by atoms with E-state index in [2.05, 4.69) is 0 Å². The van der Waals surface area contributed by atoms with Crippen LogP contribution in [0.1, 0.15) is 15.9 Å². The van der Waals surface area contributed by atoms with Crippen molar-refractivity contribution < 1.29 is 19.1 Å². The number of halogens is 1. The summed E-state index contributed by atoms with van der Waals surface area (Å²) in [6.45, 7) is 0.0653. The minimum Gasteiger partial charge on any atom is -0.497 e. The molecule has 0 saturated carbocycles. The molecule has 144 valence electrons. The number of benzene rings is 3. The number of carbonyl (C=O) groups is 2. The Kier molecular flexibility index (Phi) is 6.16. The van der Waals surface area contributed by atoms with Crippen molar-refractivity contribution in [2.75, 3.05) is 20.8 Å². The van der Waals surface area contributed by atoms with E-state index in [1.807, 2.05) is 36.4 Å². The van der Waals surface area contributed by atoms with Crippen molar-refractivity contribution in [3.63, 3.8) is 0 Å². The predicted octanol–water partition coefficient (Wildman–Crippen LogP) is 4.32. The normalized spacial score (nSPS) is 10.5. The molecule has 1 amide bonds. The van der Waals surface area contributed by atoms with E-state index in [4.69, 9.17) is 21.1 Å². The lowest BCUT2D eigenvalue weighted by Crippen LogP contribution is -2.30. The Balaban J connectivity index is 1.60. The zero-order valence-corrected chi connectivity index (χ0v) is 16.4. The van der Waals surface area contributed by atoms with E-state index in [9.17, 15) is 9.59 Å². The smallest absolute Gasteiger partial charge is 0.340 e. The van der Waals surface area contributed by atoms with Gasteiger partial charge in [0.1, 0.15) is 5.75 Å². The fraction of sp³-hybridized carbons (Fsp3) is 0.182. The summed E-state index contributed by atoms with van der Waals surface area (Å²) in [7, 11) is 3.30. The van der Waals surface area contributed by atoms with Crippen LogP contribution in [0, 0.1) is 0 Å². The quantitative estimate of drug-likeness (QED) is 0.581. The first-order chi connectivity index (χ1) is 13.5. The summed E-state index contributed by atoms with van der Waals surface area (Å²) in [6, 6.07) is 18.4. The molecule has 0 aliphatic heterocycles. The predicted molar refractivity (Wildman–Crippen MR) is 109 cm³/mol. The van der Waals surface area contributed by atoms with Gasteiger partial charge in [-0.3, -0.25) is 4.79 Å². The van der Waals surface area contributed by atoms with Crippen LogP contribution in [-0.4, -0.2) is 37.5 Å². The lowest BCUT2D eigenvalue weighted by molar-refractivity contribution is -0.133. The van der Waals surface area contributed by atoms with E-state index >= 15 is 0 Å². The van der Waals surface area contributed by atoms with Crippen molar-refractivity contribution in [2.24, 2.45) is 0 Å². The van der Waals surface area contributed by atoms with Crippen molar-refractivity contribution >= 4 is 34.2 Å². The van der Waals surface area contributed by atoms with Crippen LogP contribution in [0.15, 0.2) is 60.7 Å². The Morgan fingerprint density at radius 2 is 1.71 bits per heavy atom. The zero-order chi connectivity index (χ0) is 20.1. The molecule has 0 fully saturated rings. The highest BCUT2D eigenvalue weighted by atomic mass is 35.5. The topological polar surface area (TPSA) is 55.8 Å². The number of hydrogen-bond acceptors (Lipinski definition) is 4. The van der Waals surface area contributed by atoms with E-state index in [1.54, 1.807) is 38.4 Å². The van der Waals surface area contributed by atoms with Gasteiger partial charge in [-0.25, -0.2) is 4.79 Å². The molecule has 0 atom stereocenters. The Bertz CT molecular complexity index is 1020. The molecule has 0 spiro atoms. The fourth-order valence-corrected chi connectivity index (χ4v) is 3.02. The zero-order valence-electron chi connectivity index (χ0n) is 15.6. The minimum atomic E-state index is -0.619. The molecule has 0 radical (unpaired) electrons. The third-order valence-corrected chi connectivity index (χ3v) is 4.71. The Morgan fingerprint density at radius 1 is 1.00 bits per heavy atom. The van der Waals surface area contributed by atoms with Crippen LogP contribution in [0.4, 0.5) is 0 Å². The second-order valence-corrected chi connectivity index (χ2v) is 6.76. The summed E-state index contributed by atoms with van der Waals surface area (Å²) >= 11 is 5.97. The maximum Gasteiger partial charge on any atom is 0.340 e. The third kappa shape index (κ3) is 4.61. The lowest BCUT2D eigenvalue weighted by atomic mass is 10.1. The molecule has 0 N–H and O–H groups in total. The van der Waals surface area contributed by atoms with E-state index < -0.39 is 5.97 Å². The average molecular weight is 398 g/mol. The molecule has 0 saturated heterocycles. The number of likely N-dealkylation sites (N-methyl/N-ethyl adjacent to an activating group) is 1.